The highest BCUT2D eigenvalue weighted by atomic mass is 19.3. The van der Waals surface area contributed by atoms with Crippen LogP contribution in [0, 0.1) is 0 Å². The minimum absolute atomic E-state index is 0.0404. The van der Waals surface area contributed by atoms with Gasteiger partial charge in [0.25, 0.3) is 5.91 Å². The van der Waals surface area contributed by atoms with Gasteiger partial charge in [-0.1, -0.05) is 18.2 Å². The lowest BCUT2D eigenvalue weighted by molar-refractivity contribution is -0.0498. The Hall–Kier alpha value is -2.63. The topological polar surface area (TPSA) is 32.8 Å². The first-order chi connectivity index (χ1) is 12.5. The number of hydrogen-bond acceptors (Lipinski definition) is 3. The van der Waals surface area contributed by atoms with Crippen LogP contribution in [0.4, 0.5) is 14.5 Å². The van der Waals surface area contributed by atoms with Gasteiger partial charge >= 0.3 is 6.61 Å². The molecular formula is C20H22F2N2O2. The monoisotopic (exact) mass is 360 g/mol. The van der Waals surface area contributed by atoms with E-state index in [4.69, 9.17) is 0 Å². The summed E-state index contributed by atoms with van der Waals surface area (Å²) in [5.74, 6) is -0.122. The van der Waals surface area contributed by atoms with Crippen molar-refractivity contribution >= 4 is 11.6 Å². The maximum Gasteiger partial charge on any atom is 0.387 e. The molecule has 0 aliphatic carbocycles. The number of para-hydroxylation sites is 1. The Morgan fingerprint density at radius 3 is 2.42 bits per heavy atom. The average molecular weight is 360 g/mol. The summed E-state index contributed by atoms with van der Waals surface area (Å²) in [5, 5.41) is 0. The average Bonchev–Trinajstić information content (AvgIpc) is 3.16. The molecule has 3 rings (SSSR count). The maximum atomic E-state index is 12.6. The Kier molecular flexibility index (Phi) is 5.71. The van der Waals surface area contributed by atoms with Crippen LogP contribution in [-0.4, -0.2) is 37.6 Å². The third-order valence-corrected chi connectivity index (χ3v) is 4.52. The molecule has 1 amide bonds. The number of amides is 1. The number of hydrogen-bond donors (Lipinski definition) is 0. The fourth-order valence-electron chi connectivity index (χ4n) is 3.24. The van der Waals surface area contributed by atoms with Gasteiger partial charge in [0.1, 0.15) is 5.75 Å². The summed E-state index contributed by atoms with van der Waals surface area (Å²) in [5.41, 5.74) is 2.71. The molecule has 0 bridgehead atoms. The molecule has 1 heterocycles. The number of halogens is 2. The minimum atomic E-state index is -2.87. The second-order valence-electron chi connectivity index (χ2n) is 6.39. The van der Waals surface area contributed by atoms with E-state index in [0.29, 0.717) is 12.1 Å². The molecule has 1 saturated heterocycles. The highest BCUT2D eigenvalue weighted by Gasteiger charge is 2.18. The van der Waals surface area contributed by atoms with E-state index in [9.17, 15) is 13.6 Å². The van der Waals surface area contributed by atoms with Crippen molar-refractivity contribution < 1.29 is 18.3 Å². The van der Waals surface area contributed by atoms with E-state index in [2.05, 4.69) is 15.7 Å². The van der Waals surface area contributed by atoms with Crippen molar-refractivity contribution in [1.82, 2.24) is 4.90 Å². The molecule has 0 radical (unpaired) electrons. The molecule has 0 atom stereocenters. The number of alkyl halides is 2. The number of nitrogens with zero attached hydrogens (tertiary/aromatic N) is 2. The first-order valence-corrected chi connectivity index (χ1v) is 8.68. The molecule has 0 unspecified atom stereocenters. The Bertz CT molecular complexity index is 744. The summed E-state index contributed by atoms with van der Waals surface area (Å²) < 4.78 is 28.7. The van der Waals surface area contributed by atoms with E-state index in [1.54, 1.807) is 11.9 Å². The van der Waals surface area contributed by atoms with E-state index in [1.165, 1.54) is 42.8 Å². The number of carbonyl (C=O) groups is 1. The van der Waals surface area contributed by atoms with Crippen LogP contribution in [0.2, 0.25) is 0 Å². The standard InChI is InChI=1S/C20H22F2N2O2/c1-23(19(25)15-8-10-17(11-9-15)26-20(21)22)14-16-6-2-3-7-18(16)24-12-4-5-13-24/h2-3,6-11,20H,4-5,12-14H2,1H3. The molecule has 0 aromatic heterocycles. The summed E-state index contributed by atoms with van der Waals surface area (Å²) in [6, 6.07) is 13.9. The van der Waals surface area contributed by atoms with Gasteiger partial charge in [0.05, 0.1) is 0 Å². The SMILES string of the molecule is CN(Cc1ccccc1N1CCCC1)C(=O)c1ccc(OC(F)F)cc1. The summed E-state index contributed by atoms with van der Waals surface area (Å²) in [6.07, 6.45) is 2.38. The highest BCUT2D eigenvalue weighted by Crippen LogP contribution is 2.26. The van der Waals surface area contributed by atoms with Crippen molar-refractivity contribution in [3.8, 4) is 5.75 Å². The third kappa shape index (κ3) is 4.31. The van der Waals surface area contributed by atoms with Crippen LogP contribution < -0.4 is 9.64 Å². The van der Waals surface area contributed by atoms with Gasteiger partial charge in [-0.15, -0.1) is 0 Å². The molecule has 1 aliphatic heterocycles. The maximum absolute atomic E-state index is 12.6. The molecule has 1 aliphatic rings. The van der Waals surface area contributed by atoms with Crippen LogP contribution in [0.1, 0.15) is 28.8 Å². The van der Waals surface area contributed by atoms with Gasteiger partial charge in [-0.2, -0.15) is 8.78 Å². The largest absolute Gasteiger partial charge is 0.435 e. The highest BCUT2D eigenvalue weighted by molar-refractivity contribution is 5.94. The van der Waals surface area contributed by atoms with Crippen LogP contribution in [-0.2, 0) is 6.54 Å². The molecule has 1 fully saturated rings. The number of rotatable bonds is 6. The molecule has 138 valence electrons. The van der Waals surface area contributed by atoms with Gasteiger partial charge in [0, 0.05) is 37.9 Å². The van der Waals surface area contributed by atoms with Gasteiger partial charge in [0.15, 0.2) is 0 Å². The Morgan fingerprint density at radius 2 is 1.77 bits per heavy atom. The number of ether oxygens (including phenoxy) is 1. The van der Waals surface area contributed by atoms with Crippen molar-refractivity contribution in [3.05, 3.63) is 59.7 Å². The molecule has 2 aromatic carbocycles. The quantitative estimate of drug-likeness (QED) is 0.775. The van der Waals surface area contributed by atoms with E-state index in [0.717, 1.165) is 18.7 Å². The van der Waals surface area contributed by atoms with Gasteiger partial charge in [-0.25, -0.2) is 0 Å². The number of benzene rings is 2. The Morgan fingerprint density at radius 1 is 1.12 bits per heavy atom. The van der Waals surface area contributed by atoms with Crippen LogP contribution in [0.15, 0.2) is 48.5 Å². The lowest BCUT2D eigenvalue weighted by Gasteiger charge is -2.24. The fourth-order valence-corrected chi connectivity index (χ4v) is 3.24. The zero-order chi connectivity index (χ0) is 18.5. The lowest BCUT2D eigenvalue weighted by atomic mass is 10.1. The normalized spacial score (nSPS) is 13.9. The predicted molar refractivity (Wildman–Crippen MR) is 96.8 cm³/mol. The molecule has 0 saturated carbocycles. The summed E-state index contributed by atoms with van der Waals surface area (Å²) in [6.45, 7) is -0.303. The molecule has 26 heavy (non-hydrogen) atoms. The first kappa shape index (κ1) is 18.2. The summed E-state index contributed by atoms with van der Waals surface area (Å²) in [7, 11) is 1.74. The summed E-state index contributed by atoms with van der Waals surface area (Å²) in [4.78, 5) is 16.6. The van der Waals surface area contributed by atoms with Gasteiger partial charge in [-0.05, 0) is 48.7 Å². The molecule has 6 heteroatoms. The zero-order valence-electron chi connectivity index (χ0n) is 14.7. The summed E-state index contributed by atoms with van der Waals surface area (Å²) >= 11 is 0. The second-order valence-corrected chi connectivity index (χ2v) is 6.39. The predicted octanol–water partition coefficient (Wildman–Crippen LogP) is 4.16. The van der Waals surface area contributed by atoms with Crippen molar-refractivity contribution in [3.63, 3.8) is 0 Å². The van der Waals surface area contributed by atoms with Crippen LogP contribution >= 0.6 is 0 Å². The second kappa shape index (κ2) is 8.17. The molecule has 2 aromatic rings. The van der Waals surface area contributed by atoms with Crippen molar-refractivity contribution in [2.24, 2.45) is 0 Å². The van der Waals surface area contributed by atoms with Gasteiger partial charge in [0.2, 0.25) is 0 Å². The minimum Gasteiger partial charge on any atom is -0.435 e. The van der Waals surface area contributed by atoms with Gasteiger partial charge < -0.3 is 14.5 Å². The van der Waals surface area contributed by atoms with Crippen molar-refractivity contribution in [2.45, 2.75) is 26.0 Å². The molecular weight excluding hydrogens is 338 g/mol. The number of carbonyl (C=O) groups excluding carboxylic acids is 1. The van der Waals surface area contributed by atoms with Crippen LogP contribution in [0.3, 0.4) is 0 Å². The number of anilines is 1. The van der Waals surface area contributed by atoms with Crippen molar-refractivity contribution in [2.75, 3.05) is 25.0 Å². The zero-order valence-corrected chi connectivity index (χ0v) is 14.7. The molecule has 4 nitrogen and oxygen atoms in total. The smallest absolute Gasteiger partial charge is 0.387 e. The van der Waals surface area contributed by atoms with Gasteiger partial charge in [-0.3, -0.25) is 4.79 Å². The van der Waals surface area contributed by atoms with Crippen molar-refractivity contribution in [1.29, 1.82) is 0 Å². The molecule has 0 N–H and O–H groups in total. The van der Waals surface area contributed by atoms with Crippen LogP contribution in [0.25, 0.3) is 0 Å². The van der Waals surface area contributed by atoms with E-state index >= 15 is 0 Å². The fraction of sp³-hybridized carbons (Fsp3) is 0.350. The Balaban J connectivity index is 1.70. The van der Waals surface area contributed by atoms with E-state index < -0.39 is 6.61 Å². The third-order valence-electron chi connectivity index (χ3n) is 4.52. The molecule has 0 spiro atoms. The van der Waals surface area contributed by atoms with E-state index in [1.807, 2.05) is 18.2 Å². The lowest BCUT2D eigenvalue weighted by Crippen LogP contribution is -2.28. The first-order valence-electron chi connectivity index (χ1n) is 8.68. The Labute approximate surface area is 152 Å². The van der Waals surface area contributed by atoms with E-state index in [-0.39, 0.29) is 11.7 Å². The van der Waals surface area contributed by atoms with Crippen LogP contribution in [0.5, 0.6) is 5.75 Å².